The summed E-state index contributed by atoms with van der Waals surface area (Å²) < 4.78 is 4.63. The number of methoxy groups -OCH3 is 1. The molecule has 0 atom stereocenters. The van der Waals surface area contributed by atoms with Gasteiger partial charge in [0.25, 0.3) is 0 Å². The molecule has 0 saturated heterocycles. The molecule has 0 aliphatic heterocycles. The van der Waals surface area contributed by atoms with E-state index in [9.17, 15) is 4.79 Å². The van der Waals surface area contributed by atoms with Crippen LogP contribution in [0.4, 0.5) is 0 Å². The van der Waals surface area contributed by atoms with Crippen LogP contribution in [0.1, 0.15) is 96.8 Å². The molecule has 0 aliphatic carbocycles. The monoisotopic (exact) mass is 296 g/mol. The third-order valence-electron chi connectivity index (χ3n) is 3.88. The first-order chi connectivity index (χ1) is 10.3. The molecule has 0 N–H and O–H groups in total. The average molecular weight is 296 g/mol. The number of carbonyl (C=O) groups is 1. The normalized spacial score (nSPS) is 11.1. The molecule has 0 aromatic rings. The Morgan fingerprint density at radius 1 is 0.762 bits per heavy atom. The maximum Gasteiger partial charge on any atom is 0.305 e. The molecular weight excluding hydrogens is 260 g/mol. The first kappa shape index (κ1) is 20.2. The van der Waals surface area contributed by atoms with Crippen LogP contribution in [0.15, 0.2) is 12.2 Å². The van der Waals surface area contributed by atoms with E-state index in [1.807, 2.05) is 0 Å². The van der Waals surface area contributed by atoms with E-state index in [0.29, 0.717) is 6.42 Å². The van der Waals surface area contributed by atoms with Crippen LogP contribution in [-0.4, -0.2) is 13.1 Å². The van der Waals surface area contributed by atoms with Crippen LogP contribution in [0.5, 0.6) is 0 Å². The number of hydrogen-bond acceptors (Lipinski definition) is 2. The molecule has 0 unspecified atom stereocenters. The number of rotatable bonds is 15. The van der Waals surface area contributed by atoms with E-state index >= 15 is 0 Å². The van der Waals surface area contributed by atoms with Gasteiger partial charge in [-0.3, -0.25) is 4.79 Å². The summed E-state index contributed by atoms with van der Waals surface area (Å²) in [5.41, 5.74) is 0. The molecular formula is C19H36O2. The number of allylic oxidation sites excluding steroid dienone is 2. The van der Waals surface area contributed by atoms with Gasteiger partial charge in [0.1, 0.15) is 0 Å². The van der Waals surface area contributed by atoms with Crippen molar-refractivity contribution in [1.82, 2.24) is 0 Å². The molecule has 0 fully saturated rings. The maximum absolute atomic E-state index is 10.9. The van der Waals surface area contributed by atoms with Crippen molar-refractivity contribution >= 4 is 5.97 Å². The van der Waals surface area contributed by atoms with Gasteiger partial charge >= 0.3 is 5.97 Å². The van der Waals surface area contributed by atoms with Crippen LogP contribution in [0.3, 0.4) is 0 Å². The summed E-state index contributed by atoms with van der Waals surface area (Å²) in [5, 5.41) is 0. The SMILES string of the molecule is CC/C=C\CCCCCCCCCCCCCC(=O)OC. The Morgan fingerprint density at radius 3 is 1.71 bits per heavy atom. The number of carbonyl (C=O) groups excluding carboxylic acids is 1. The van der Waals surface area contributed by atoms with Crippen LogP contribution in [-0.2, 0) is 9.53 Å². The largest absolute Gasteiger partial charge is 0.469 e. The lowest BCUT2D eigenvalue weighted by Gasteiger charge is -2.02. The average Bonchev–Trinajstić information content (AvgIpc) is 2.50. The van der Waals surface area contributed by atoms with Crippen molar-refractivity contribution < 1.29 is 9.53 Å². The molecule has 0 rings (SSSR count). The molecule has 2 nitrogen and oxygen atoms in total. The zero-order chi connectivity index (χ0) is 15.6. The van der Waals surface area contributed by atoms with Gasteiger partial charge < -0.3 is 4.74 Å². The van der Waals surface area contributed by atoms with Crippen LogP contribution in [0, 0.1) is 0 Å². The summed E-state index contributed by atoms with van der Waals surface area (Å²) in [4.78, 5) is 10.9. The summed E-state index contributed by atoms with van der Waals surface area (Å²) in [6.07, 6.45) is 22.0. The van der Waals surface area contributed by atoms with Crippen molar-refractivity contribution in [2.45, 2.75) is 96.8 Å². The Kier molecular flexibility index (Phi) is 16.6. The van der Waals surface area contributed by atoms with Crippen LogP contribution >= 0.6 is 0 Å². The minimum Gasteiger partial charge on any atom is -0.469 e. The lowest BCUT2D eigenvalue weighted by molar-refractivity contribution is -0.140. The van der Waals surface area contributed by atoms with Gasteiger partial charge in [-0.1, -0.05) is 76.9 Å². The molecule has 0 radical (unpaired) electrons. The van der Waals surface area contributed by atoms with E-state index in [1.54, 1.807) is 0 Å². The Hall–Kier alpha value is -0.790. The molecule has 0 bridgehead atoms. The first-order valence-electron chi connectivity index (χ1n) is 9.03. The van der Waals surface area contributed by atoms with Crippen molar-refractivity contribution in [3.63, 3.8) is 0 Å². The molecule has 0 aromatic carbocycles. The topological polar surface area (TPSA) is 26.3 Å². The smallest absolute Gasteiger partial charge is 0.305 e. The number of unbranched alkanes of at least 4 members (excludes halogenated alkanes) is 11. The lowest BCUT2D eigenvalue weighted by Crippen LogP contribution is -1.99. The van der Waals surface area contributed by atoms with E-state index < -0.39 is 0 Å². The lowest BCUT2D eigenvalue weighted by atomic mass is 10.0. The second-order valence-corrected chi connectivity index (χ2v) is 5.88. The van der Waals surface area contributed by atoms with Gasteiger partial charge in [-0.2, -0.15) is 0 Å². The van der Waals surface area contributed by atoms with E-state index in [4.69, 9.17) is 0 Å². The molecule has 0 saturated carbocycles. The Morgan fingerprint density at radius 2 is 1.24 bits per heavy atom. The van der Waals surface area contributed by atoms with E-state index in [0.717, 1.165) is 6.42 Å². The highest BCUT2D eigenvalue weighted by atomic mass is 16.5. The molecule has 2 heteroatoms. The van der Waals surface area contributed by atoms with Crippen molar-refractivity contribution in [3.8, 4) is 0 Å². The zero-order valence-corrected chi connectivity index (χ0v) is 14.4. The second kappa shape index (κ2) is 17.3. The minimum atomic E-state index is -0.0693. The summed E-state index contributed by atoms with van der Waals surface area (Å²) >= 11 is 0. The van der Waals surface area contributed by atoms with Gasteiger partial charge in [0.15, 0.2) is 0 Å². The molecule has 0 amide bonds. The zero-order valence-electron chi connectivity index (χ0n) is 14.4. The number of ether oxygens (including phenoxy) is 1. The van der Waals surface area contributed by atoms with E-state index in [1.165, 1.54) is 84.2 Å². The molecule has 0 heterocycles. The molecule has 0 aliphatic rings. The highest BCUT2D eigenvalue weighted by Gasteiger charge is 1.99. The molecule has 0 aromatic heterocycles. The summed E-state index contributed by atoms with van der Waals surface area (Å²) in [6, 6.07) is 0. The van der Waals surface area contributed by atoms with Crippen molar-refractivity contribution in [1.29, 1.82) is 0 Å². The van der Waals surface area contributed by atoms with Crippen LogP contribution in [0.25, 0.3) is 0 Å². The fourth-order valence-electron chi connectivity index (χ4n) is 2.51. The number of hydrogen-bond donors (Lipinski definition) is 0. The molecule has 21 heavy (non-hydrogen) atoms. The highest BCUT2D eigenvalue weighted by molar-refractivity contribution is 5.68. The first-order valence-corrected chi connectivity index (χ1v) is 9.03. The van der Waals surface area contributed by atoms with Gasteiger partial charge in [0.05, 0.1) is 7.11 Å². The fraction of sp³-hybridized carbons (Fsp3) is 0.842. The van der Waals surface area contributed by atoms with Gasteiger partial charge in [0, 0.05) is 6.42 Å². The van der Waals surface area contributed by atoms with Crippen molar-refractivity contribution in [3.05, 3.63) is 12.2 Å². The standard InChI is InChI=1S/C19H36O2/c1-3-4-5-6-7-8-9-10-11-12-13-14-15-16-17-18-19(20)21-2/h4-5H,3,6-18H2,1-2H3/b5-4-. The number of esters is 1. The fourth-order valence-corrected chi connectivity index (χ4v) is 2.51. The Labute approximate surface area is 132 Å². The van der Waals surface area contributed by atoms with E-state index in [-0.39, 0.29) is 5.97 Å². The molecule has 124 valence electrons. The van der Waals surface area contributed by atoms with Crippen LogP contribution < -0.4 is 0 Å². The predicted molar refractivity (Wildman–Crippen MR) is 91.5 cm³/mol. The summed E-state index contributed by atoms with van der Waals surface area (Å²) in [6.45, 7) is 2.19. The quantitative estimate of drug-likeness (QED) is 0.204. The maximum atomic E-state index is 10.9. The van der Waals surface area contributed by atoms with Gasteiger partial charge in [0.2, 0.25) is 0 Å². The van der Waals surface area contributed by atoms with Crippen molar-refractivity contribution in [2.24, 2.45) is 0 Å². The summed E-state index contributed by atoms with van der Waals surface area (Å²) in [7, 11) is 1.46. The van der Waals surface area contributed by atoms with E-state index in [2.05, 4.69) is 23.8 Å². The third-order valence-corrected chi connectivity index (χ3v) is 3.88. The summed E-state index contributed by atoms with van der Waals surface area (Å²) in [5.74, 6) is -0.0693. The van der Waals surface area contributed by atoms with Gasteiger partial charge in [-0.15, -0.1) is 0 Å². The van der Waals surface area contributed by atoms with Gasteiger partial charge in [-0.25, -0.2) is 0 Å². The van der Waals surface area contributed by atoms with Crippen molar-refractivity contribution in [2.75, 3.05) is 7.11 Å². The Balaban J connectivity index is 3.02. The minimum absolute atomic E-state index is 0.0693. The Bertz CT molecular complexity index is 246. The second-order valence-electron chi connectivity index (χ2n) is 5.88. The van der Waals surface area contributed by atoms with Gasteiger partial charge in [-0.05, 0) is 25.7 Å². The highest BCUT2D eigenvalue weighted by Crippen LogP contribution is 2.12. The molecule has 0 spiro atoms. The van der Waals surface area contributed by atoms with Crippen LogP contribution in [0.2, 0.25) is 0 Å². The third kappa shape index (κ3) is 17.2. The predicted octanol–water partition coefficient (Wildman–Crippen LogP) is 6.20.